The van der Waals surface area contributed by atoms with Crippen LogP contribution in [-0.4, -0.2) is 52.9 Å². The molecule has 0 N–H and O–H groups in total. The normalized spacial score (nSPS) is 14.8. The van der Waals surface area contributed by atoms with Gasteiger partial charge in [-0.2, -0.15) is 0 Å². The van der Waals surface area contributed by atoms with E-state index >= 15 is 0 Å². The van der Waals surface area contributed by atoms with Crippen molar-refractivity contribution in [3.63, 3.8) is 0 Å². The van der Waals surface area contributed by atoms with Gasteiger partial charge >= 0.3 is 0 Å². The van der Waals surface area contributed by atoms with Crippen molar-refractivity contribution in [2.75, 3.05) is 26.2 Å². The Morgan fingerprint density at radius 2 is 1.89 bits per heavy atom. The van der Waals surface area contributed by atoms with Crippen molar-refractivity contribution in [3.05, 3.63) is 46.8 Å². The van der Waals surface area contributed by atoms with Crippen LogP contribution in [0.5, 0.6) is 5.75 Å². The molecule has 1 aliphatic rings. The minimum absolute atomic E-state index is 0.0387. The largest absolute Gasteiger partial charge is 0.489 e. The molecule has 0 aliphatic carbocycles. The summed E-state index contributed by atoms with van der Waals surface area (Å²) >= 11 is 0. The van der Waals surface area contributed by atoms with Gasteiger partial charge in [-0.1, -0.05) is 11.2 Å². The zero-order chi connectivity index (χ0) is 19.4. The maximum absolute atomic E-state index is 12.9. The second kappa shape index (κ2) is 8.24. The van der Waals surface area contributed by atoms with Gasteiger partial charge in [0.25, 0.3) is 5.91 Å². The van der Waals surface area contributed by atoms with E-state index in [1.165, 1.54) is 0 Å². The van der Waals surface area contributed by atoms with Gasteiger partial charge in [0.1, 0.15) is 18.1 Å². The molecule has 2 heterocycles. The van der Waals surface area contributed by atoms with Crippen LogP contribution in [0.15, 0.2) is 28.8 Å². The summed E-state index contributed by atoms with van der Waals surface area (Å²) in [4.78, 5) is 28.0. The quantitative estimate of drug-likeness (QED) is 0.826. The Hall–Kier alpha value is -2.83. The SMILES string of the molecule is CC(=O)N1CCCN(C(=O)c2cccc(OCc3c(C)noc3C)c2)CC1. The number of ether oxygens (including phenoxy) is 1. The molecule has 0 saturated carbocycles. The lowest BCUT2D eigenvalue weighted by atomic mass is 10.1. The van der Waals surface area contributed by atoms with Crippen molar-refractivity contribution >= 4 is 11.8 Å². The van der Waals surface area contributed by atoms with E-state index in [1.54, 1.807) is 28.9 Å². The molecular weight excluding hydrogens is 346 g/mol. The molecule has 0 radical (unpaired) electrons. The van der Waals surface area contributed by atoms with E-state index in [4.69, 9.17) is 9.26 Å². The first-order valence-corrected chi connectivity index (χ1v) is 9.15. The summed E-state index contributed by atoms with van der Waals surface area (Å²) in [6.07, 6.45) is 0.785. The number of carbonyl (C=O) groups excluding carboxylic acids is 2. The Bertz CT molecular complexity index is 811. The molecule has 0 unspecified atom stereocenters. The Morgan fingerprint density at radius 1 is 1.15 bits per heavy atom. The van der Waals surface area contributed by atoms with Gasteiger partial charge in [-0.05, 0) is 38.5 Å². The lowest BCUT2D eigenvalue weighted by Gasteiger charge is -2.21. The van der Waals surface area contributed by atoms with Crippen LogP contribution in [0.3, 0.4) is 0 Å². The summed E-state index contributed by atoms with van der Waals surface area (Å²) in [7, 11) is 0. The summed E-state index contributed by atoms with van der Waals surface area (Å²) in [5, 5.41) is 3.92. The minimum atomic E-state index is -0.0387. The highest BCUT2D eigenvalue weighted by atomic mass is 16.5. The number of aryl methyl sites for hydroxylation is 2. The molecule has 27 heavy (non-hydrogen) atoms. The summed E-state index contributed by atoms with van der Waals surface area (Å²) in [5.74, 6) is 1.38. The number of amides is 2. The van der Waals surface area contributed by atoms with E-state index in [1.807, 2.05) is 26.0 Å². The smallest absolute Gasteiger partial charge is 0.254 e. The summed E-state index contributed by atoms with van der Waals surface area (Å²) in [5.41, 5.74) is 2.31. The Labute approximate surface area is 158 Å². The molecule has 7 nitrogen and oxygen atoms in total. The molecular formula is C20H25N3O4. The van der Waals surface area contributed by atoms with Crippen LogP contribution in [0.4, 0.5) is 0 Å². The number of rotatable bonds is 4. The first kappa shape index (κ1) is 18.9. The van der Waals surface area contributed by atoms with Gasteiger partial charge in [-0.3, -0.25) is 9.59 Å². The second-order valence-electron chi connectivity index (χ2n) is 6.77. The predicted molar refractivity (Wildman–Crippen MR) is 99.5 cm³/mol. The number of hydrogen-bond donors (Lipinski definition) is 0. The monoisotopic (exact) mass is 371 g/mol. The van der Waals surface area contributed by atoms with E-state index < -0.39 is 0 Å². The zero-order valence-electron chi connectivity index (χ0n) is 16.0. The first-order valence-electron chi connectivity index (χ1n) is 9.15. The van der Waals surface area contributed by atoms with Crippen molar-refractivity contribution in [3.8, 4) is 5.75 Å². The standard InChI is InChI=1S/C20H25N3O4/c1-14-19(15(2)27-21-14)13-26-18-7-4-6-17(12-18)20(25)23-9-5-8-22(10-11-23)16(3)24/h4,6-7,12H,5,8-11,13H2,1-3H3. The highest BCUT2D eigenvalue weighted by molar-refractivity contribution is 5.94. The number of aromatic nitrogens is 1. The van der Waals surface area contributed by atoms with Gasteiger partial charge in [0.15, 0.2) is 0 Å². The number of carbonyl (C=O) groups is 2. The van der Waals surface area contributed by atoms with E-state index in [2.05, 4.69) is 5.16 Å². The van der Waals surface area contributed by atoms with E-state index in [0.29, 0.717) is 44.1 Å². The van der Waals surface area contributed by atoms with Gasteiger partial charge in [-0.15, -0.1) is 0 Å². The summed E-state index contributed by atoms with van der Waals surface area (Å²) < 4.78 is 11.0. The third-order valence-electron chi connectivity index (χ3n) is 4.87. The molecule has 0 spiro atoms. The Morgan fingerprint density at radius 3 is 2.59 bits per heavy atom. The Balaban J connectivity index is 1.66. The molecule has 1 aliphatic heterocycles. The third kappa shape index (κ3) is 4.48. The average molecular weight is 371 g/mol. The van der Waals surface area contributed by atoms with Crippen LogP contribution >= 0.6 is 0 Å². The van der Waals surface area contributed by atoms with Crippen LogP contribution in [0.2, 0.25) is 0 Å². The lowest BCUT2D eigenvalue weighted by molar-refractivity contribution is -0.128. The van der Waals surface area contributed by atoms with Gasteiger partial charge in [0, 0.05) is 38.7 Å². The number of hydrogen-bond acceptors (Lipinski definition) is 5. The number of nitrogens with zero attached hydrogens (tertiary/aromatic N) is 3. The van der Waals surface area contributed by atoms with Crippen molar-refractivity contribution < 1.29 is 18.8 Å². The fourth-order valence-corrected chi connectivity index (χ4v) is 3.20. The van der Waals surface area contributed by atoms with Crippen molar-refractivity contribution in [1.29, 1.82) is 0 Å². The molecule has 1 aromatic heterocycles. The van der Waals surface area contributed by atoms with Gasteiger partial charge in [-0.25, -0.2) is 0 Å². The first-order chi connectivity index (χ1) is 13.0. The Kier molecular flexibility index (Phi) is 5.78. The van der Waals surface area contributed by atoms with Crippen molar-refractivity contribution in [1.82, 2.24) is 15.0 Å². The van der Waals surface area contributed by atoms with Crippen LogP contribution < -0.4 is 4.74 Å². The fourth-order valence-electron chi connectivity index (χ4n) is 3.20. The van der Waals surface area contributed by atoms with Crippen molar-refractivity contribution in [2.24, 2.45) is 0 Å². The second-order valence-corrected chi connectivity index (χ2v) is 6.77. The average Bonchev–Trinajstić information content (AvgIpc) is 2.86. The molecule has 1 saturated heterocycles. The molecule has 2 aromatic rings. The van der Waals surface area contributed by atoms with Gasteiger partial charge in [0.05, 0.1) is 11.3 Å². The highest BCUT2D eigenvalue weighted by Crippen LogP contribution is 2.20. The lowest BCUT2D eigenvalue weighted by Crippen LogP contribution is -2.36. The molecule has 0 bridgehead atoms. The van der Waals surface area contributed by atoms with Crippen molar-refractivity contribution in [2.45, 2.75) is 33.8 Å². The van der Waals surface area contributed by atoms with Crippen LogP contribution in [0.1, 0.15) is 40.7 Å². The molecule has 2 amide bonds. The number of benzene rings is 1. The van der Waals surface area contributed by atoms with E-state index in [-0.39, 0.29) is 11.8 Å². The maximum Gasteiger partial charge on any atom is 0.254 e. The van der Waals surface area contributed by atoms with Crippen LogP contribution in [0, 0.1) is 13.8 Å². The molecule has 144 valence electrons. The molecule has 7 heteroatoms. The third-order valence-corrected chi connectivity index (χ3v) is 4.87. The highest BCUT2D eigenvalue weighted by Gasteiger charge is 2.21. The van der Waals surface area contributed by atoms with Gasteiger partial charge in [0.2, 0.25) is 5.91 Å². The van der Waals surface area contributed by atoms with E-state index in [0.717, 1.165) is 23.4 Å². The van der Waals surface area contributed by atoms with Crippen LogP contribution in [-0.2, 0) is 11.4 Å². The fraction of sp³-hybridized carbons (Fsp3) is 0.450. The zero-order valence-corrected chi connectivity index (χ0v) is 16.0. The minimum Gasteiger partial charge on any atom is -0.489 e. The molecule has 3 rings (SSSR count). The summed E-state index contributed by atoms with van der Waals surface area (Å²) in [6.45, 7) is 8.09. The van der Waals surface area contributed by atoms with Gasteiger partial charge < -0.3 is 19.1 Å². The molecule has 1 fully saturated rings. The molecule has 1 aromatic carbocycles. The maximum atomic E-state index is 12.9. The predicted octanol–water partition coefficient (Wildman–Crippen LogP) is 2.56. The summed E-state index contributed by atoms with van der Waals surface area (Å²) in [6, 6.07) is 7.19. The van der Waals surface area contributed by atoms with E-state index in [9.17, 15) is 9.59 Å². The van der Waals surface area contributed by atoms with Crippen LogP contribution in [0.25, 0.3) is 0 Å². The topological polar surface area (TPSA) is 75.9 Å². The molecule has 0 atom stereocenters.